The van der Waals surface area contributed by atoms with E-state index in [0.717, 1.165) is 23.4 Å². The average molecular weight is 228 g/mol. The van der Waals surface area contributed by atoms with Gasteiger partial charge in [0.15, 0.2) is 11.0 Å². The predicted octanol–water partition coefficient (Wildman–Crippen LogP) is 2.98. The van der Waals surface area contributed by atoms with Crippen LogP contribution in [0.2, 0.25) is 5.15 Å². The van der Waals surface area contributed by atoms with Crippen molar-refractivity contribution in [3.05, 3.63) is 16.3 Å². The summed E-state index contributed by atoms with van der Waals surface area (Å²) in [5, 5.41) is 8.60. The van der Waals surface area contributed by atoms with Gasteiger partial charge in [0.2, 0.25) is 0 Å². The molecular formula is C11H18ClN3. The zero-order valence-corrected chi connectivity index (χ0v) is 10.8. The normalized spacial score (nSPS) is 12.7. The second kappa shape index (κ2) is 4.79. The van der Waals surface area contributed by atoms with Crippen LogP contribution in [0.5, 0.6) is 0 Å². The van der Waals surface area contributed by atoms with Crippen molar-refractivity contribution >= 4 is 17.4 Å². The molecule has 0 N–H and O–H groups in total. The molecule has 0 aromatic carbocycles. The van der Waals surface area contributed by atoms with Crippen LogP contribution in [0.1, 0.15) is 31.4 Å². The molecule has 0 saturated carbocycles. The molecule has 0 saturated heterocycles. The third-order valence-corrected chi connectivity index (χ3v) is 3.39. The monoisotopic (exact) mass is 227 g/mol. The molecule has 0 fully saturated rings. The summed E-state index contributed by atoms with van der Waals surface area (Å²) in [4.78, 5) is 2.14. The molecule has 4 heteroatoms. The second-order valence-electron chi connectivity index (χ2n) is 3.93. The number of hydrogen-bond acceptors (Lipinski definition) is 3. The van der Waals surface area contributed by atoms with Crippen molar-refractivity contribution < 1.29 is 0 Å². The maximum Gasteiger partial charge on any atom is 0.155 e. The van der Waals surface area contributed by atoms with Gasteiger partial charge in [-0.1, -0.05) is 18.5 Å². The van der Waals surface area contributed by atoms with E-state index in [1.807, 2.05) is 20.9 Å². The highest BCUT2D eigenvalue weighted by atomic mass is 35.5. The summed E-state index contributed by atoms with van der Waals surface area (Å²) in [6, 6.07) is 0.457. The highest BCUT2D eigenvalue weighted by Crippen LogP contribution is 2.24. The molecule has 1 aromatic rings. The van der Waals surface area contributed by atoms with Gasteiger partial charge >= 0.3 is 0 Å². The first-order chi connectivity index (χ1) is 6.99. The summed E-state index contributed by atoms with van der Waals surface area (Å²) in [5.74, 6) is 0.922. The van der Waals surface area contributed by atoms with Gasteiger partial charge in [0.1, 0.15) is 0 Å². The number of hydrogen-bond donors (Lipinski definition) is 0. The molecule has 0 aliphatic rings. The maximum atomic E-state index is 5.91. The van der Waals surface area contributed by atoms with Crippen LogP contribution in [0.15, 0.2) is 0 Å². The summed E-state index contributed by atoms with van der Waals surface area (Å²) < 4.78 is 0. The van der Waals surface area contributed by atoms with Gasteiger partial charge in [0, 0.05) is 13.1 Å². The van der Waals surface area contributed by atoms with E-state index >= 15 is 0 Å². The fourth-order valence-electron chi connectivity index (χ4n) is 1.38. The van der Waals surface area contributed by atoms with Gasteiger partial charge < -0.3 is 4.90 Å². The topological polar surface area (TPSA) is 29.0 Å². The third-order valence-electron chi connectivity index (χ3n) is 3.03. The largest absolute Gasteiger partial charge is 0.355 e. The van der Waals surface area contributed by atoms with Crippen molar-refractivity contribution in [2.24, 2.45) is 0 Å². The Balaban J connectivity index is 3.10. The van der Waals surface area contributed by atoms with Crippen LogP contribution in [0.25, 0.3) is 0 Å². The van der Waals surface area contributed by atoms with Gasteiger partial charge in [-0.05, 0) is 38.3 Å². The summed E-state index contributed by atoms with van der Waals surface area (Å²) in [6.45, 7) is 8.34. The molecule has 0 amide bonds. The van der Waals surface area contributed by atoms with E-state index < -0.39 is 0 Å². The van der Waals surface area contributed by atoms with Crippen LogP contribution >= 0.6 is 11.6 Å². The van der Waals surface area contributed by atoms with E-state index in [9.17, 15) is 0 Å². The number of rotatable bonds is 3. The standard InChI is InChI=1S/C11H18ClN3/c1-6-7(2)15(5)11-9(4)8(3)10(12)13-14-11/h7H,6H2,1-5H3. The fourth-order valence-corrected chi connectivity index (χ4v) is 1.56. The minimum absolute atomic E-state index is 0.457. The Bertz CT molecular complexity index is 352. The van der Waals surface area contributed by atoms with Gasteiger partial charge in [-0.25, -0.2) is 0 Å². The van der Waals surface area contributed by atoms with Crippen molar-refractivity contribution in [2.75, 3.05) is 11.9 Å². The third kappa shape index (κ3) is 2.40. The molecule has 1 rings (SSSR count). The molecule has 0 aliphatic heterocycles. The molecule has 1 atom stereocenters. The zero-order chi connectivity index (χ0) is 11.6. The molecule has 0 bridgehead atoms. The van der Waals surface area contributed by atoms with Crippen molar-refractivity contribution in [3.63, 3.8) is 0 Å². The highest BCUT2D eigenvalue weighted by Gasteiger charge is 2.15. The van der Waals surface area contributed by atoms with Crippen molar-refractivity contribution in [2.45, 2.75) is 40.2 Å². The Hall–Kier alpha value is -0.830. The molecule has 1 unspecified atom stereocenters. The van der Waals surface area contributed by atoms with Crippen molar-refractivity contribution in [3.8, 4) is 0 Å². The Morgan fingerprint density at radius 1 is 1.27 bits per heavy atom. The first-order valence-electron chi connectivity index (χ1n) is 5.21. The zero-order valence-electron chi connectivity index (χ0n) is 10.0. The Morgan fingerprint density at radius 2 is 1.87 bits per heavy atom. The average Bonchev–Trinajstić information content (AvgIpc) is 2.24. The summed E-state index contributed by atoms with van der Waals surface area (Å²) in [5.41, 5.74) is 2.12. The lowest BCUT2D eigenvalue weighted by Gasteiger charge is -2.26. The first-order valence-corrected chi connectivity index (χ1v) is 5.59. The summed E-state index contributed by atoms with van der Waals surface area (Å²) >= 11 is 5.91. The molecule has 84 valence electrons. The lowest BCUT2D eigenvalue weighted by molar-refractivity contribution is 0.650. The van der Waals surface area contributed by atoms with E-state index in [0.29, 0.717) is 11.2 Å². The van der Waals surface area contributed by atoms with Crippen LogP contribution in [0, 0.1) is 13.8 Å². The van der Waals surface area contributed by atoms with Crippen LogP contribution in [0.3, 0.4) is 0 Å². The number of anilines is 1. The van der Waals surface area contributed by atoms with Crippen LogP contribution in [-0.2, 0) is 0 Å². The Morgan fingerprint density at radius 3 is 2.40 bits per heavy atom. The van der Waals surface area contributed by atoms with Gasteiger partial charge in [0.05, 0.1) is 0 Å². The molecule has 1 heterocycles. The van der Waals surface area contributed by atoms with Crippen LogP contribution in [0.4, 0.5) is 5.82 Å². The fraction of sp³-hybridized carbons (Fsp3) is 0.636. The molecule has 1 aromatic heterocycles. The highest BCUT2D eigenvalue weighted by molar-refractivity contribution is 6.30. The molecule has 0 radical (unpaired) electrons. The van der Waals surface area contributed by atoms with Crippen LogP contribution < -0.4 is 4.90 Å². The van der Waals surface area contributed by atoms with E-state index in [1.165, 1.54) is 0 Å². The Labute approximate surface area is 96.5 Å². The van der Waals surface area contributed by atoms with Gasteiger partial charge in [0.25, 0.3) is 0 Å². The van der Waals surface area contributed by atoms with Crippen molar-refractivity contribution in [1.29, 1.82) is 0 Å². The second-order valence-corrected chi connectivity index (χ2v) is 4.29. The van der Waals surface area contributed by atoms with E-state index in [1.54, 1.807) is 0 Å². The predicted molar refractivity (Wildman–Crippen MR) is 64.7 cm³/mol. The number of halogens is 1. The molecule has 0 aliphatic carbocycles. The van der Waals surface area contributed by atoms with E-state index in [4.69, 9.17) is 11.6 Å². The lowest BCUT2D eigenvalue weighted by Crippen LogP contribution is -2.30. The van der Waals surface area contributed by atoms with Gasteiger partial charge in [-0.15, -0.1) is 10.2 Å². The Kier molecular flexibility index (Phi) is 3.91. The van der Waals surface area contributed by atoms with Gasteiger partial charge in [-0.3, -0.25) is 0 Å². The number of aromatic nitrogens is 2. The lowest BCUT2D eigenvalue weighted by atomic mass is 10.1. The van der Waals surface area contributed by atoms with Gasteiger partial charge in [-0.2, -0.15) is 0 Å². The van der Waals surface area contributed by atoms with E-state index in [-0.39, 0.29) is 0 Å². The minimum atomic E-state index is 0.457. The minimum Gasteiger partial charge on any atom is -0.355 e. The molecule has 0 spiro atoms. The molecular weight excluding hydrogens is 210 g/mol. The number of nitrogens with zero attached hydrogens (tertiary/aromatic N) is 3. The maximum absolute atomic E-state index is 5.91. The van der Waals surface area contributed by atoms with E-state index in [2.05, 4.69) is 28.9 Å². The van der Waals surface area contributed by atoms with Crippen LogP contribution in [-0.4, -0.2) is 23.3 Å². The summed E-state index contributed by atoms with van der Waals surface area (Å²) in [6.07, 6.45) is 1.08. The van der Waals surface area contributed by atoms with Crippen molar-refractivity contribution in [1.82, 2.24) is 10.2 Å². The first kappa shape index (κ1) is 12.2. The molecule has 3 nitrogen and oxygen atoms in total. The molecule has 15 heavy (non-hydrogen) atoms. The smallest absolute Gasteiger partial charge is 0.155 e. The summed E-state index contributed by atoms with van der Waals surface area (Å²) in [7, 11) is 2.04. The SMILES string of the molecule is CCC(C)N(C)c1nnc(Cl)c(C)c1C. The quantitative estimate of drug-likeness (QED) is 0.795.